The van der Waals surface area contributed by atoms with Crippen LogP contribution < -0.4 is 9.47 Å². The van der Waals surface area contributed by atoms with E-state index in [2.05, 4.69) is 0 Å². The second-order valence-electron chi connectivity index (χ2n) is 2.95. The maximum atomic E-state index is 11.5. The number of hydrogen-bond donors (Lipinski definition) is 0. The van der Waals surface area contributed by atoms with Crippen LogP contribution in [0.1, 0.15) is 0 Å². The molecule has 5 heteroatoms. The zero-order valence-electron chi connectivity index (χ0n) is 7.93. The average molecular weight is 223 g/mol. The number of nitrogens with zero attached hydrogens (tertiary/aromatic N) is 1. The first kappa shape index (κ1) is 9.99. The van der Waals surface area contributed by atoms with E-state index in [1.165, 1.54) is 0 Å². The van der Waals surface area contributed by atoms with Crippen molar-refractivity contribution in [3.63, 3.8) is 0 Å². The van der Waals surface area contributed by atoms with E-state index in [1.807, 2.05) is 6.07 Å². The van der Waals surface area contributed by atoms with Crippen molar-refractivity contribution in [2.24, 2.45) is 0 Å². The number of fused-ring (bicyclic) bond motifs is 1. The van der Waals surface area contributed by atoms with E-state index in [0.717, 1.165) is 0 Å². The normalized spacial score (nSPS) is 15.4. The van der Waals surface area contributed by atoms with Gasteiger partial charge < -0.3 is 9.47 Å². The van der Waals surface area contributed by atoms with Gasteiger partial charge in [-0.05, 0) is 12.1 Å². The van der Waals surface area contributed by atoms with Crippen molar-refractivity contribution in [2.75, 3.05) is 19.0 Å². The minimum Gasteiger partial charge on any atom is -0.486 e. The lowest BCUT2D eigenvalue weighted by atomic mass is 10.3. The van der Waals surface area contributed by atoms with E-state index in [1.54, 1.807) is 18.2 Å². The Morgan fingerprint density at radius 1 is 1.33 bits per heavy atom. The van der Waals surface area contributed by atoms with Crippen LogP contribution in [0.2, 0.25) is 0 Å². The van der Waals surface area contributed by atoms with E-state index < -0.39 is 10.8 Å². The molecule has 2 rings (SSSR count). The van der Waals surface area contributed by atoms with Crippen molar-refractivity contribution in [1.82, 2.24) is 0 Å². The molecule has 4 nitrogen and oxygen atoms in total. The fourth-order valence-corrected chi connectivity index (χ4v) is 2.05. The average Bonchev–Trinajstić information content (AvgIpc) is 2.29. The zero-order chi connectivity index (χ0) is 10.7. The van der Waals surface area contributed by atoms with E-state index >= 15 is 0 Å². The molecule has 0 bridgehead atoms. The standard InChI is InChI=1S/C10H9NO3S/c11-3-6-15(12)8-1-2-9-10(7-8)14-5-4-13-9/h1-2,7H,4-6H2. The predicted octanol–water partition coefficient (Wildman–Crippen LogP) is 1.09. The number of ether oxygens (including phenoxy) is 2. The topological polar surface area (TPSA) is 59.3 Å². The summed E-state index contributed by atoms with van der Waals surface area (Å²) in [6.45, 7) is 1.04. The number of benzene rings is 1. The first-order chi connectivity index (χ1) is 7.31. The summed E-state index contributed by atoms with van der Waals surface area (Å²) >= 11 is 0. The minimum absolute atomic E-state index is 0.000353. The van der Waals surface area contributed by atoms with E-state index in [9.17, 15) is 4.21 Å². The fourth-order valence-electron chi connectivity index (χ4n) is 1.31. The molecule has 1 aliphatic rings. The van der Waals surface area contributed by atoms with Gasteiger partial charge >= 0.3 is 0 Å². The van der Waals surface area contributed by atoms with Crippen molar-refractivity contribution in [3.8, 4) is 17.6 Å². The maximum absolute atomic E-state index is 11.5. The summed E-state index contributed by atoms with van der Waals surface area (Å²) in [6, 6.07) is 6.96. The molecule has 1 aliphatic heterocycles. The highest BCUT2D eigenvalue weighted by atomic mass is 32.2. The van der Waals surface area contributed by atoms with Crippen molar-refractivity contribution in [3.05, 3.63) is 18.2 Å². The molecule has 1 aromatic carbocycles. The van der Waals surface area contributed by atoms with E-state index in [-0.39, 0.29) is 5.75 Å². The van der Waals surface area contributed by atoms with E-state index in [0.29, 0.717) is 29.6 Å². The lowest BCUT2D eigenvalue weighted by Crippen LogP contribution is -2.15. The molecule has 0 saturated carbocycles. The highest BCUT2D eigenvalue weighted by Crippen LogP contribution is 2.31. The molecule has 15 heavy (non-hydrogen) atoms. The number of hydrogen-bond acceptors (Lipinski definition) is 4. The van der Waals surface area contributed by atoms with Crippen LogP contribution in [0.25, 0.3) is 0 Å². The van der Waals surface area contributed by atoms with Gasteiger partial charge in [0.15, 0.2) is 11.5 Å². The molecular weight excluding hydrogens is 214 g/mol. The molecule has 0 radical (unpaired) electrons. The molecule has 0 N–H and O–H groups in total. The van der Waals surface area contributed by atoms with Crippen LogP contribution in [0.15, 0.2) is 23.1 Å². The van der Waals surface area contributed by atoms with Crippen LogP contribution in [0.5, 0.6) is 11.5 Å². The smallest absolute Gasteiger partial charge is 0.162 e. The highest BCUT2D eigenvalue weighted by molar-refractivity contribution is 7.85. The fraction of sp³-hybridized carbons (Fsp3) is 0.300. The summed E-state index contributed by atoms with van der Waals surface area (Å²) in [5.74, 6) is 1.27. The first-order valence-corrected chi connectivity index (χ1v) is 5.78. The zero-order valence-corrected chi connectivity index (χ0v) is 8.75. The van der Waals surface area contributed by atoms with Gasteiger partial charge in [0, 0.05) is 11.0 Å². The molecule has 0 aromatic heterocycles. The van der Waals surface area contributed by atoms with Crippen LogP contribution in [0.4, 0.5) is 0 Å². The summed E-state index contributed by atoms with van der Waals surface area (Å²) in [7, 11) is -1.28. The Kier molecular flexibility index (Phi) is 2.88. The quantitative estimate of drug-likeness (QED) is 0.753. The van der Waals surface area contributed by atoms with Gasteiger partial charge in [-0.1, -0.05) is 0 Å². The molecule has 0 spiro atoms. The lowest BCUT2D eigenvalue weighted by molar-refractivity contribution is 0.171. The molecule has 1 heterocycles. The largest absolute Gasteiger partial charge is 0.486 e. The molecule has 78 valence electrons. The van der Waals surface area contributed by atoms with Crippen LogP contribution in [-0.2, 0) is 10.8 Å². The SMILES string of the molecule is N#CCS(=O)c1ccc2c(c1)OCCO2. The van der Waals surface area contributed by atoms with E-state index in [4.69, 9.17) is 14.7 Å². The second-order valence-corrected chi connectivity index (χ2v) is 4.40. The van der Waals surface area contributed by atoms with Crippen LogP contribution in [-0.4, -0.2) is 23.2 Å². The molecule has 0 aliphatic carbocycles. The third kappa shape index (κ3) is 2.10. The monoisotopic (exact) mass is 223 g/mol. The van der Waals surface area contributed by atoms with Gasteiger partial charge in [-0.15, -0.1) is 0 Å². The summed E-state index contributed by atoms with van der Waals surface area (Å²) in [6.07, 6.45) is 0. The highest BCUT2D eigenvalue weighted by Gasteiger charge is 2.13. The predicted molar refractivity (Wildman–Crippen MR) is 54.3 cm³/mol. The van der Waals surface area contributed by atoms with Crippen LogP contribution in [0.3, 0.4) is 0 Å². The Labute approximate surface area is 89.9 Å². The van der Waals surface area contributed by atoms with Gasteiger partial charge in [0.2, 0.25) is 0 Å². The summed E-state index contributed by atoms with van der Waals surface area (Å²) < 4.78 is 22.2. The van der Waals surface area contributed by atoms with Crippen molar-refractivity contribution in [2.45, 2.75) is 4.90 Å². The van der Waals surface area contributed by atoms with Gasteiger partial charge in [-0.2, -0.15) is 5.26 Å². The van der Waals surface area contributed by atoms with Crippen molar-refractivity contribution in [1.29, 1.82) is 5.26 Å². The molecule has 0 fully saturated rings. The maximum Gasteiger partial charge on any atom is 0.162 e. The van der Waals surface area contributed by atoms with Crippen LogP contribution >= 0.6 is 0 Å². The Morgan fingerprint density at radius 3 is 2.80 bits per heavy atom. The Hall–Kier alpha value is -1.54. The first-order valence-electron chi connectivity index (χ1n) is 4.46. The molecule has 0 saturated heterocycles. The van der Waals surface area contributed by atoms with Crippen molar-refractivity contribution < 1.29 is 13.7 Å². The van der Waals surface area contributed by atoms with Gasteiger partial charge in [-0.3, -0.25) is 4.21 Å². The lowest BCUT2D eigenvalue weighted by Gasteiger charge is -2.18. The third-order valence-corrected chi connectivity index (χ3v) is 3.14. The van der Waals surface area contributed by atoms with Gasteiger partial charge in [0.25, 0.3) is 0 Å². The van der Waals surface area contributed by atoms with Gasteiger partial charge in [-0.25, -0.2) is 0 Å². The Bertz CT molecular complexity index is 439. The summed E-state index contributed by atoms with van der Waals surface area (Å²) in [5.41, 5.74) is 0. The Morgan fingerprint density at radius 2 is 2.07 bits per heavy atom. The van der Waals surface area contributed by atoms with Crippen LogP contribution in [0, 0.1) is 11.3 Å². The second kappa shape index (κ2) is 4.32. The molecule has 1 aromatic rings. The number of rotatable bonds is 2. The Balaban J connectivity index is 2.28. The van der Waals surface area contributed by atoms with Gasteiger partial charge in [0.05, 0.1) is 16.9 Å². The summed E-state index contributed by atoms with van der Waals surface area (Å²) in [4.78, 5) is 0.598. The molecule has 1 unspecified atom stereocenters. The number of nitriles is 1. The third-order valence-electron chi connectivity index (χ3n) is 1.97. The van der Waals surface area contributed by atoms with Crippen molar-refractivity contribution >= 4 is 10.8 Å². The minimum atomic E-state index is -1.28. The molecule has 1 atom stereocenters. The molecule has 0 amide bonds. The summed E-state index contributed by atoms with van der Waals surface area (Å²) in [5, 5.41) is 8.44. The van der Waals surface area contributed by atoms with Gasteiger partial charge in [0.1, 0.15) is 19.0 Å². The molecular formula is C10H9NO3S.